The molecule has 4 rings (SSSR count). The summed E-state index contributed by atoms with van der Waals surface area (Å²) in [6, 6.07) is 9.50. The van der Waals surface area contributed by atoms with Gasteiger partial charge in [-0.1, -0.05) is 6.07 Å². The Balaban J connectivity index is 1.35. The lowest BCUT2D eigenvalue weighted by molar-refractivity contribution is -0.116. The maximum atomic E-state index is 12.1. The highest BCUT2D eigenvalue weighted by atomic mass is 16.6. The van der Waals surface area contributed by atoms with Crippen molar-refractivity contribution < 1.29 is 19.0 Å². The van der Waals surface area contributed by atoms with Gasteiger partial charge >= 0.3 is 0 Å². The molecule has 0 bridgehead atoms. The van der Waals surface area contributed by atoms with E-state index < -0.39 is 0 Å². The highest BCUT2D eigenvalue weighted by molar-refractivity contribution is 5.91. The van der Waals surface area contributed by atoms with Crippen LogP contribution in [-0.4, -0.2) is 42.2 Å². The van der Waals surface area contributed by atoms with E-state index in [-0.39, 0.29) is 5.91 Å². The second-order valence-corrected chi connectivity index (χ2v) is 6.32. The van der Waals surface area contributed by atoms with Crippen molar-refractivity contribution in [1.29, 1.82) is 0 Å². The van der Waals surface area contributed by atoms with Crippen LogP contribution in [0.3, 0.4) is 0 Å². The van der Waals surface area contributed by atoms with Crippen molar-refractivity contribution in [2.45, 2.75) is 6.42 Å². The molecule has 3 heterocycles. The lowest BCUT2D eigenvalue weighted by atomic mass is 10.1. The first-order valence-corrected chi connectivity index (χ1v) is 9.09. The number of carbonyl (C=O) groups excluding carboxylic acids is 1. The van der Waals surface area contributed by atoms with Crippen LogP contribution in [0.4, 0.5) is 0 Å². The van der Waals surface area contributed by atoms with Crippen LogP contribution in [0.2, 0.25) is 0 Å². The number of imidazole rings is 1. The summed E-state index contributed by atoms with van der Waals surface area (Å²) in [6.07, 6.45) is 7.81. The first-order valence-electron chi connectivity index (χ1n) is 9.09. The van der Waals surface area contributed by atoms with Crippen molar-refractivity contribution >= 4 is 17.6 Å². The van der Waals surface area contributed by atoms with E-state index in [0.29, 0.717) is 43.4 Å². The molecule has 0 aliphatic carbocycles. The number of nitrogens with one attached hydrogen (secondary N) is 1. The van der Waals surface area contributed by atoms with Gasteiger partial charge < -0.3 is 23.9 Å². The number of pyridine rings is 1. The number of nitrogens with zero attached hydrogens (tertiary/aromatic N) is 2. The smallest absolute Gasteiger partial charge is 0.244 e. The number of fused-ring (bicyclic) bond motifs is 2. The van der Waals surface area contributed by atoms with Crippen LogP contribution < -0.4 is 19.5 Å². The monoisotopic (exact) mass is 379 g/mol. The van der Waals surface area contributed by atoms with Gasteiger partial charge in [0.2, 0.25) is 11.7 Å². The second-order valence-electron chi connectivity index (χ2n) is 6.32. The summed E-state index contributed by atoms with van der Waals surface area (Å²) in [5.41, 5.74) is 2.64. The molecule has 7 nitrogen and oxygen atoms in total. The molecule has 0 fully saturated rings. The predicted molar refractivity (Wildman–Crippen MR) is 105 cm³/mol. The summed E-state index contributed by atoms with van der Waals surface area (Å²) < 4.78 is 18.5. The Morgan fingerprint density at radius 2 is 2.21 bits per heavy atom. The van der Waals surface area contributed by atoms with Crippen LogP contribution in [0.15, 0.2) is 48.8 Å². The molecule has 1 aromatic carbocycles. The van der Waals surface area contributed by atoms with Crippen molar-refractivity contribution in [2.75, 3.05) is 26.9 Å². The lowest BCUT2D eigenvalue weighted by Crippen LogP contribution is -2.23. The number of aromatic nitrogens is 2. The van der Waals surface area contributed by atoms with Crippen molar-refractivity contribution in [2.24, 2.45) is 0 Å². The molecule has 0 radical (unpaired) electrons. The average molecular weight is 379 g/mol. The molecule has 1 amide bonds. The fraction of sp³-hybridized carbons (Fsp3) is 0.238. The van der Waals surface area contributed by atoms with Crippen molar-refractivity contribution in [3.8, 4) is 17.2 Å². The van der Waals surface area contributed by atoms with Crippen LogP contribution in [-0.2, 0) is 11.2 Å². The normalized spacial score (nSPS) is 13.0. The molecule has 1 aliphatic heterocycles. The third kappa shape index (κ3) is 3.93. The number of rotatable bonds is 6. The van der Waals surface area contributed by atoms with Crippen molar-refractivity contribution in [3.63, 3.8) is 0 Å². The van der Waals surface area contributed by atoms with Gasteiger partial charge in [0.1, 0.15) is 18.9 Å². The minimum absolute atomic E-state index is 0.169. The van der Waals surface area contributed by atoms with Gasteiger partial charge in [0, 0.05) is 31.4 Å². The molecule has 2 aromatic heterocycles. The molecule has 0 unspecified atom stereocenters. The minimum atomic E-state index is -0.169. The van der Waals surface area contributed by atoms with E-state index in [2.05, 4.69) is 10.3 Å². The van der Waals surface area contributed by atoms with Gasteiger partial charge in [-0.05, 0) is 35.9 Å². The molecular formula is C21H21N3O4. The molecular weight excluding hydrogens is 358 g/mol. The minimum Gasteiger partial charge on any atom is -0.493 e. The van der Waals surface area contributed by atoms with Gasteiger partial charge in [0.15, 0.2) is 11.5 Å². The van der Waals surface area contributed by atoms with Crippen LogP contribution in [0.25, 0.3) is 11.7 Å². The van der Waals surface area contributed by atoms with Gasteiger partial charge in [-0.3, -0.25) is 4.79 Å². The number of hydrogen-bond acceptors (Lipinski definition) is 5. The molecule has 0 atom stereocenters. The molecule has 144 valence electrons. The van der Waals surface area contributed by atoms with Gasteiger partial charge in [-0.25, -0.2) is 4.98 Å². The number of benzene rings is 1. The van der Waals surface area contributed by atoms with E-state index in [1.807, 2.05) is 47.1 Å². The SMILES string of the molecule is COc1cc(/C=C/C(=O)NCCc2cn3ccccc3n2)cc2c1OCCO2. The van der Waals surface area contributed by atoms with Crippen molar-refractivity contribution in [3.05, 3.63) is 60.1 Å². The maximum absolute atomic E-state index is 12.1. The second kappa shape index (κ2) is 8.04. The fourth-order valence-corrected chi connectivity index (χ4v) is 3.04. The third-order valence-electron chi connectivity index (χ3n) is 4.37. The first kappa shape index (κ1) is 17.9. The molecule has 7 heteroatoms. The molecule has 0 saturated heterocycles. The van der Waals surface area contributed by atoms with E-state index in [9.17, 15) is 4.79 Å². The van der Waals surface area contributed by atoms with Gasteiger partial charge in [-0.2, -0.15) is 0 Å². The van der Waals surface area contributed by atoms with Crippen LogP contribution in [0, 0.1) is 0 Å². The molecule has 3 aromatic rings. The Morgan fingerprint density at radius 1 is 1.32 bits per heavy atom. The van der Waals surface area contributed by atoms with E-state index in [1.165, 1.54) is 6.08 Å². The largest absolute Gasteiger partial charge is 0.493 e. The summed E-state index contributed by atoms with van der Waals surface area (Å²) in [5, 5.41) is 2.87. The van der Waals surface area contributed by atoms with Gasteiger partial charge in [0.05, 0.1) is 12.8 Å². The highest BCUT2D eigenvalue weighted by Crippen LogP contribution is 2.40. The number of amides is 1. The third-order valence-corrected chi connectivity index (χ3v) is 4.37. The Morgan fingerprint density at radius 3 is 3.07 bits per heavy atom. The first-order chi connectivity index (χ1) is 13.7. The van der Waals surface area contributed by atoms with E-state index in [1.54, 1.807) is 13.2 Å². The Bertz CT molecular complexity index is 975. The fourth-order valence-electron chi connectivity index (χ4n) is 3.04. The predicted octanol–water partition coefficient (Wildman–Crippen LogP) is 2.49. The number of carbonyl (C=O) groups is 1. The van der Waals surface area contributed by atoms with Crippen LogP contribution in [0.5, 0.6) is 17.2 Å². The molecule has 0 spiro atoms. The average Bonchev–Trinajstić information content (AvgIpc) is 3.14. The Labute approximate surface area is 162 Å². The zero-order valence-electron chi connectivity index (χ0n) is 15.6. The maximum Gasteiger partial charge on any atom is 0.244 e. The molecule has 0 saturated carbocycles. The molecule has 28 heavy (non-hydrogen) atoms. The zero-order valence-corrected chi connectivity index (χ0v) is 15.6. The van der Waals surface area contributed by atoms with E-state index in [4.69, 9.17) is 14.2 Å². The van der Waals surface area contributed by atoms with E-state index >= 15 is 0 Å². The summed E-state index contributed by atoms with van der Waals surface area (Å²) in [6.45, 7) is 1.50. The number of methoxy groups -OCH3 is 1. The van der Waals surface area contributed by atoms with Crippen molar-refractivity contribution in [1.82, 2.24) is 14.7 Å². The Hall–Kier alpha value is -3.48. The highest BCUT2D eigenvalue weighted by Gasteiger charge is 2.17. The number of ether oxygens (including phenoxy) is 3. The van der Waals surface area contributed by atoms with Gasteiger partial charge in [0.25, 0.3) is 0 Å². The topological polar surface area (TPSA) is 74.1 Å². The molecule has 1 aliphatic rings. The summed E-state index contributed by atoms with van der Waals surface area (Å²) in [5.74, 6) is 1.64. The standard InChI is InChI=1S/C21H21N3O4/c1-26-17-12-15(13-18-21(17)28-11-10-27-18)5-6-20(25)22-8-7-16-14-24-9-3-2-4-19(24)23-16/h2-6,9,12-14H,7-8,10-11H2,1H3,(H,22,25)/b6-5+. The quantitative estimate of drug-likeness (QED) is 0.666. The van der Waals surface area contributed by atoms with Crippen LogP contribution in [0.1, 0.15) is 11.3 Å². The van der Waals surface area contributed by atoms with Crippen LogP contribution >= 0.6 is 0 Å². The summed E-state index contributed by atoms with van der Waals surface area (Å²) in [7, 11) is 1.58. The summed E-state index contributed by atoms with van der Waals surface area (Å²) in [4.78, 5) is 16.6. The summed E-state index contributed by atoms with van der Waals surface area (Å²) >= 11 is 0. The van der Waals surface area contributed by atoms with E-state index in [0.717, 1.165) is 16.9 Å². The van der Waals surface area contributed by atoms with Gasteiger partial charge in [-0.15, -0.1) is 0 Å². The zero-order chi connectivity index (χ0) is 19.3. The Kier molecular flexibility index (Phi) is 5.14. The lowest BCUT2D eigenvalue weighted by Gasteiger charge is -2.20. The number of hydrogen-bond donors (Lipinski definition) is 1. The molecule has 1 N–H and O–H groups in total.